The molecule has 0 amide bonds. The zero-order valence-corrected chi connectivity index (χ0v) is 19.8. The van der Waals surface area contributed by atoms with Crippen LogP contribution in [-0.2, 0) is 15.3 Å². The number of benzene rings is 2. The third-order valence-corrected chi connectivity index (χ3v) is 7.45. The van der Waals surface area contributed by atoms with E-state index in [9.17, 15) is 15.8 Å². The zero-order valence-electron chi connectivity index (χ0n) is 19.8. The maximum Gasteiger partial charge on any atom is 0.244 e. The molecule has 2 bridgehead atoms. The van der Waals surface area contributed by atoms with Crippen LogP contribution in [0.5, 0.6) is 0 Å². The van der Waals surface area contributed by atoms with Crippen molar-refractivity contribution in [2.24, 2.45) is 16.7 Å². The first-order valence-corrected chi connectivity index (χ1v) is 11.4. The number of rotatable bonds is 5. The van der Waals surface area contributed by atoms with Gasteiger partial charge in [0.1, 0.15) is 6.10 Å². The van der Waals surface area contributed by atoms with Gasteiger partial charge in [0.25, 0.3) is 0 Å². The summed E-state index contributed by atoms with van der Waals surface area (Å²) in [4.78, 5) is 2.18. The van der Waals surface area contributed by atoms with Crippen LogP contribution in [-0.4, -0.2) is 19.0 Å². The number of anilines is 1. The first-order chi connectivity index (χ1) is 16.3. The molecular formula is C27H27N5O2. The number of fused-ring (bicyclic) bond motifs is 2. The molecule has 2 aromatic rings. The van der Waals surface area contributed by atoms with Crippen LogP contribution >= 0.6 is 0 Å². The predicted octanol–water partition coefficient (Wildman–Crippen LogP) is 4.95. The molecule has 4 rings (SSSR count). The highest BCUT2D eigenvalue weighted by Crippen LogP contribution is 2.68. The smallest absolute Gasteiger partial charge is 0.244 e. The monoisotopic (exact) mass is 453 g/mol. The molecule has 0 aliphatic carbocycles. The van der Waals surface area contributed by atoms with Crippen molar-refractivity contribution in [3.8, 4) is 18.2 Å². The first kappa shape index (κ1) is 23.3. The lowest BCUT2D eigenvalue weighted by atomic mass is 9.53. The Morgan fingerprint density at radius 1 is 0.941 bits per heavy atom. The summed E-state index contributed by atoms with van der Waals surface area (Å²) in [6, 6.07) is 21.4. The summed E-state index contributed by atoms with van der Waals surface area (Å²) < 4.78 is 12.6. The van der Waals surface area contributed by atoms with Crippen LogP contribution in [0.2, 0.25) is 0 Å². The van der Waals surface area contributed by atoms with Crippen LogP contribution in [0.15, 0.2) is 48.5 Å². The second-order valence-electron chi connectivity index (χ2n) is 8.90. The fourth-order valence-electron chi connectivity index (χ4n) is 5.40. The van der Waals surface area contributed by atoms with Gasteiger partial charge in [0.15, 0.2) is 5.41 Å². The van der Waals surface area contributed by atoms with E-state index in [-0.39, 0.29) is 0 Å². The highest BCUT2D eigenvalue weighted by molar-refractivity contribution is 5.89. The number of hydrogen-bond acceptors (Lipinski definition) is 7. The van der Waals surface area contributed by atoms with Crippen LogP contribution in [0, 0.1) is 63.1 Å². The molecule has 0 radical (unpaired) electrons. The fourth-order valence-corrected chi connectivity index (χ4v) is 5.40. The molecule has 2 heterocycles. The van der Waals surface area contributed by atoms with Gasteiger partial charge in [-0.2, -0.15) is 15.8 Å². The van der Waals surface area contributed by atoms with E-state index in [4.69, 9.17) is 14.9 Å². The van der Waals surface area contributed by atoms with Crippen LogP contribution in [0.3, 0.4) is 0 Å². The third kappa shape index (κ3) is 2.79. The molecule has 0 saturated carbocycles. The van der Waals surface area contributed by atoms with Crippen molar-refractivity contribution in [1.82, 2.24) is 0 Å². The van der Waals surface area contributed by atoms with E-state index >= 15 is 0 Å². The minimum Gasteiger partial charge on any atom is -0.443 e. The molecule has 4 unspecified atom stereocenters. The van der Waals surface area contributed by atoms with Crippen LogP contribution in [0.1, 0.15) is 43.6 Å². The second-order valence-corrected chi connectivity index (χ2v) is 8.90. The van der Waals surface area contributed by atoms with Gasteiger partial charge in [-0.25, -0.2) is 0 Å². The molecule has 2 aliphatic rings. The van der Waals surface area contributed by atoms with Crippen LogP contribution in [0.25, 0.3) is 0 Å². The molecule has 0 spiro atoms. The Balaban J connectivity index is 1.94. The molecule has 172 valence electrons. The summed E-state index contributed by atoms with van der Waals surface area (Å²) in [5, 5.41) is 39.9. The standard InChI is InChI=1S/C27H27N5O2/c1-5-32(6-2)22-13-9-20(10-14-22)23-25(15-28,16-29)26(17-30)19(4)27(33-23,34-24(26)31)21-11-7-18(3)8-12-21/h7-14,19,23,31H,5-6H2,1-4H3. The summed E-state index contributed by atoms with van der Waals surface area (Å²) in [5.74, 6) is -2.65. The number of nitrogens with one attached hydrogen (secondary N) is 1. The van der Waals surface area contributed by atoms with E-state index in [1.54, 1.807) is 6.92 Å². The Morgan fingerprint density at radius 2 is 1.53 bits per heavy atom. The number of nitriles is 3. The predicted molar refractivity (Wildman–Crippen MR) is 126 cm³/mol. The van der Waals surface area contributed by atoms with Gasteiger partial charge in [-0.1, -0.05) is 48.9 Å². The second kappa shape index (κ2) is 8.17. The molecule has 34 heavy (non-hydrogen) atoms. The third-order valence-electron chi connectivity index (χ3n) is 7.45. The van der Waals surface area contributed by atoms with Gasteiger partial charge in [0.05, 0.1) is 24.1 Å². The van der Waals surface area contributed by atoms with E-state index in [1.807, 2.05) is 55.5 Å². The number of ether oxygens (including phenoxy) is 2. The molecule has 0 aromatic heterocycles. The van der Waals surface area contributed by atoms with Crippen molar-refractivity contribution in [1.29, 1.82) is 21.2 Å². The SMILES string of the molecule is CCN(CC)c1ccc(C2OC3(c4ccc(C)cc4)OC(=N)C(C#N)(C3C)C2(C#N)C#N)cc1. The van der Waals surface area contributed by atoms with Gasteiger partial charge < -0.3 is 14.4 Å². The van der Waals surface area contributed by atoms with Gasteiger partial charge in [0, 0.05) is 24.3 Å². The van der Waals surface area contributed by atoms with E-state index < -0.39 is 34.5 Å². The highest BCUT2D eigenvalue weighted by Gasteiger charge is 2.79. The van der Waals surface area contributed by atoms with E-state index in [1.165, 1.54) is 0 Å². The molecule has 2 aromatic carbocycles. The Hall–Kier alpha value is -3.86. The molecule has 7 nitrogen and oxygen atoms in total. The maximum absolute atomic E-state index is 10.4. The molecule has 4 atom stereocenters. The van der Waals surface area contributed by atoms with Gasteiger partial charge in [0.2, 0.25) is 17.1 Å². The highest BCUT2D eigenvalue weighted by atomic mass is 16.7. The minimum absolute atomic E-state index is 0.409. The fraction of sp³-hybridized carbons (Fsp3) is 0.407. The summed E-state index contributed by atoms with van der Waals surface area (Å²) in [6.45, 7) is 9.50. The summed E-state index contributed by atoms with van der Waals surface area (Å²) in [6.07, 6.45) is -1.10. The summed E-state index contributed by atoms with van der Waals surface area (Å²) in [5.41, 5.74) is -0.508. The van der Waals surface area contributed by atoms with Crippen molar-refractivity contribution in [2.45, 2.75) is 39.6 Å². The lowest BCUT2D eigenvalue weighted by Gasteiger charge is -2.48. The van der Waals surface area contributed by atoms with Crippen molar-refractivity contribution in [3.05, 3.63) is 65.2 Å². The molecule has 2 saturated heterocycles. The normalized spacial score (nSPS) is 28.8. The lowest BCUT2D eigenvalue weighted by Crippen LogP contribution is -2.57. The largest absolute Gasteiger partial charge is 0.443 e. The Morgan fingerprint density at radius 3 is 2.03 bits per heavy atom. The summed E-state index contributed by atoms with van der Waals surface area (Å²) >= 11 is 0. The van der Waals surface area contributed by atoms with Crippen LogP contribution < -0.4 is 4.90 Å². The average Bonchev–Trinajstić information content (AvgIpc) is 3.02. The van der Waals surface area contributed by atoms with E-state index in [0.717, 1.165) is 24.3 Å². The molecule has 1 N–H and O–H groups in total. The van der Waals surface area contributed by atoms with Gasteiger partial charge in [-0.05, 0) is 38.5 Å². The van der Waals surface area contributed by atoms with Crippen LogP contribution in [0.4, 0.5) is 5.69 Å². The van der Waals surface area contributed by atoms with Crippen molar-refractivity contribution in [3.63, 3.8) is 0 Å². The minimum atomic E-state index is -1.97. The maximum atomic E-state index is 10.4. The quantitative estimate of drug-likeness (QED) is 0.684. The van der Waals surface area contributed by atoms with Crippen molar-refractivity contribution >= 4 is 11.6 Å². The van der Waals surface area contributed by atoms with Crippen molar-refractivity contribution in [2.75, 3.05) is 18.0 Å². The van der Waals surface area contributed by atoms with E-state index in [2.05, 4.69) is 37.0 Å². The molecule has 2 aliphatic heterocycles. The van der Waals surface area contributed by atoms with Crippen molar-refractivity contribution < 1.29 is 9.47 Å². The first-order valence-electron chi connectivity index (χ1n) is 11.4. The average molecular weight is 454 g/mol. The lowest BCUT2D eigenvalue weighted by molar-refractivity contribution is -0.288. The molecular weight excluding hydrogens is 426 g/mol. The zero-order chi connectivity index (χ0) is 24.7. The van der Waals surface area contributed by atoms with E-state index in [0.29, 0.717) is 11.1 Å². The van der Waals surface area contributed by atoms with Gasteiger partial charge >= 0.3 is 0 Å². The molecule has 2 fully saturated rings. The summed E-state index contributed by atoms with van der Waals surface area (Å²) in [7, 11) is 0. The Bertz CT molecular complexity index is 1220. The number of hydrogen-bond donors (Lipinski definition) is 1. The number of nitrogens with zero attached hydrogens (tertiary/aromatic N) is 4. The van der Waals surface area contributed by atoms with Gasteiger partial charge in [-0.3, -0.25) is 5.41 Å². The Labute approximate surface area is 200 Å². The number of aryl methyl sites for hydroxylation is 1. The van der Waals surface area contributed by atoms with Gasteiger partial charge in [-0.15, -0.1) is 0 Å². The Kier molecular flexibility index (Phi) is 5.60. The topological polar surface area (TPSA) is 117 Å². The molecule has 7 heteroatoms.